The normalized spacial score (nSPS) is 12.2. The van der Waals surface area contributed by atoms with Gasteiger partial charge in [-0.1, -0.05) is 55.5 Å². The third-order valence-electron chi connectivity index (χ3n) is 5.03. The third kappa shape index (κ3) is 5.07. The first-order chi connectivity index (χ1) is 14.3. The average molecular weight is 423 g/mol. The van der Waals surface area contributed by atoms with E-state index in [9.17, 15) is 13.2 Å². The molecule has 0 spiro atoms. The van der Waals surface area contributed by atoms with Gasteiger partial charge >= 0.3 is 0 Å². The van der Waals surface area contributed by atoms with Crippen LogP contribution in [-0.4, -0.2) is 14.3 Å². The highest BCUT2D eigenvalue weighted by Crippen LogP contribution is 2.22. The van der Waals surface area contributed by atoms with E-state index in [4.69, 9.17) is 0 Å². The Kier molecular flexibility index (Phi) is 6.57. The van der Waals surface area contributed by atoms with Crippen LogP contribution in [0.5, 0.6) is 0 Å². The second-order valence-corrected chi connectivity index (χ2v) is 8.92. The molecular weight excluding hydrogens is 396 g/mol. The summed E-state index contributed by atoms with van der Waals surface area (Å²) in [6.45, 7) is 5.82. The number of carbonyl (C=O) groups is 1. The highest BCUT2D eigenvalue weighted by Gasteiger charge is 2.17. The van der Waals surface area contributed by atoms with Gasteiger partial charge in [0.1, 0.15) is 0 Å². The fraction of sp³-hybridized carbons (Fsp3) is 0.208. The van der Waals surface area contributed by atoms with Crippen molar-refractivity contribution in [2.45, 2.75) is 38.1 Å². The summed E-state index contributed by atoms with van der Waals surface area (Å²) in [5, 5.41) is 2.97. The predicted octanol–water partition coefficient (Wildman–Crippen LogP) is 4.85. The predicted molar refractivity (Wildman–Crippen MR) is 120 cm³/mol. The zero-order valence-electron chi connectivity index (χ0n) is 17.3. The smallest absolute Gasteiger partial charge is 0.261 e. The molecule has 0 heterocycles. The number of amides is 1. The van der Waals surface area contributed by atoms with Crippen LogP contribution in [-0.2, 0) is 16.4 Å². The number of benzene rings is 3. The van der Waals surface area contributed by atoms with Crippen LogP contribution in [0.15, 0.2) is 77.7 Å². The van der Waals surface area contributed by atoms with Crippen molar-refractivity contribution in [1.82, 2.24) is 5.32 Å². The highest BCUT2D eigenvalue weighted by atomic mass is 32.2. The lowest BCUT2D eigenvalue weighted by Gasteiger charge is -2.16. The van der Waals surface area contributed by atoms with Crippen molar-refractivity contribution in [2.24, 2.45) is 0 Å². The molecule has 0 fully saturated rings. The Bertz CT molecular complexity index is 1120. The van der Waals surface area contributed by atoms with E-state index < -0.39 is 10.0 Å². The first kappa shape index (κ1) is 21.6. The van der Waals surface area contributed by atoms with Crippen molar-refractivity contribution in [2.75, 3.05) is 4.72 Å². The molecule has 0 radical (unpaired) electrons. The highest BCUT2D eigenvalue weighted by molar-refractivity contribution is 7.92. The Hall–Kier alpha value is -3.12. The van der Waals surface area contributed by atoms with E-state index in [1.54, 1.807) is 43.3 Å². The molecule has 0 bridgehead atoms. The minimum atomic E-state index is -3.73. The second-order valence-electron chi connectivity index (χ2n) is 7.24. The van der Waals surface area contributed by atoms with Crippen LogP contribution in [0.1, 0.15) is 46.9 Å². The number of anilines is 1. The molecule has 0 aliphatic heterocycles. The van der Waals surface area contributed by atoms with Crippen LogP contribution in [0.25, 0.3) is 0 Å². The van der Waals surface area contributed by atoms with Crippen molar-refractivity contribution in [3.8, 4) is 0 Å². The van der Waals surface area contributed by atoms with Gasteiger partial charge in [0.05, 0.1) is 16.6 Å². The Morgan fingerprint density at radius 2 is 1.63 bits per heavy atom. The van der Waals surface area contributed by atoms with Crippen LogP contribution in [0.2, 0.25) is 0 Å². The Labute approximate surface area is 178 Å². The van der Waals surface area contributed by atoms with Crippen LogP contribution in [0, 0.1) is 6.92 Å². The molecule has 1 atom stereocenters. The summed E-state index contributed by atoms with van der Waals surface area (Å²) in [5.74, 6) is -0.262. The molecule has 0 aliphatic carbocycles. The quantitative estimate of drug-likeness (QED) is 0.572. The number of hydrogen-bond donors (Lipinski definition) is 2. The molecule has 3 aromatic rings. The Morgan fingerprint density at radius 1 is 0.967 bits per heavy atom. The lowest BCUT2D eigenvalue weighted by molar-refractivity contribution is 0.0940. The molecule has 156 valence electrons. The summed E-state index contributed by atoms with van der Waals surface area (Å²) in [7, 11) is -3.73. The average Bonchev–Trinajstić information content (AvgIpc) is 2.75. The number of carbonyl (C=O) groups excluding carboxylic acids is 1. The van der Waals surface area contributed by atoms with Crippen LogP contribution in [0.3, 0.4) is 0 Å². The van der Waals surface area contributed by atoms with Crippen molar-refractivity contribution < 1.29 is 13.2 Å². The maximum absolute atomic E-state index is 12.8. The molecule has 0 saturated heterocycles. The van der Waals surface area contributed by atoms with Gasteiger partial charge in [0.15, 0.2) is 0 Å². The molecule has 0 aliphatic rings. The molecule has 0 aromatic heterocycles. The van der Waals surface area contributed by atoms with Gasteiger partial charge in [-0.2, -0.15) is 0 Å². The van der Waals surface area contributed by atoms with Gasteiger partial charge in [0.2, 0.25) is 0 Å². The van der Waals surface area contributed by atoms with Gasteiger partial charge < -0.3 is 5.32 Å². The molecule has 3 rings (SSSR count). The van der Waals surface area contributed by atoms with Crippen molar-refractivity contribution in [1.29, 1.82) is 0 Å². The van der Waals surface area contributed by atoms with E-state index in [0.29, 0.717) is 11.3 Å². The SMILES string of the molecule is CCc1ccc(C(C)NC(=O)c2ccc(C)c(NS(=O)(=O)c3ccccc3)c2)cc1. The topological polar surface area (TPSA) is 75.3 Å². The number of rotatable bonds is 7. The number of sulfonamides is 1. The van der Waals surface area contributed by atoms with E-state index in [-0.39, 0.29) is 16.8 Å². The molecule has 0 saturated carbocycles. The van der Waals surface area contributed by atoms with Crippen LogP contribution in [0.4, 0.5) is 5.69 Å². The molecule has 1 amide bonds. The van der Waals surface area contributed by atoms with Gasteiger partial charge in [0, 0.05) is 5.56 Å². The molecule has 5 nitrogen and oxygen atoms in total. The second kappa shape index (κ2) is 9.13. The van der Waals surface area contributed by atoms with E-state index in [0.717, 1.165) is 17.5 Å². The first-order valence-electron chi connectivity index (χ1n) is 9.88. The summed E-state index contributed by atoms with van der Waals surface area (Å²) < 4.78 is 27.9. The van der Waals surface area contributed by atoms with E-state index in [2.05, 4.69) is 29.1 Å². The van der Waals surface area contributed by atoms with Gasteiger partial charge in [0.25, 0.3) is 15.9 Å². The minimum absolute atomic E-state index is 0.170. The number of hydrogen-bond acceptors (Lipinski definition) is 3. The summed E-state index contributed by atoms with van der Waals surface area (Å²) in [5.41, 5.74) is 3.76. The zero-order valence-corrected chi connectivity index (χ0v) is 18.2. The van der Waals surface area contributed by atoms with Crippen LogP contribution < -0.4 is 10.0 Å². The van der Waals surface area contributed by atoms with E-state index >= 15 is 0 Å². The van der Waals surface area contributed by atoms with Crippen molar-refractivity contribution in [3.63, 3.8) is 0 Å². The van der Waals surface area contributed by atoms with Gasteiger partial charge in [-0.05, 0) is 61.2 Å². The minimum Gasteiger partial charge on any atom is -0.346 e. The summed E-state index contributed by atoms with van der Waals surface area (Å²) in [6, 6.07) is 21.1. The summed E-state index contributed by atoms with van der Waals surface area (Å²) >= 11 is 0. The van der Waals surface area contributed by atoms with Gasteiger partial charge in [-0.15, -0.1) is 0 Å². The molecule has 2 N–H and O–H groups in total. The molecule has 1 unspecified atom stereocenters. The van der Waals surface area contributed by atoms with Gasteiger partial charge in [-0.3, -0.25) is 9.52 Å². The van der Waals surface area contributed by atoms with E-state index in [1.807, 2.05) is 19.1 Å². The van der Waals surface area contributed by atoms with Crippen LogP contribution >= 0.6 is 0 Å². The maximum Gasteiger partial charge on any atom is 0.261 e. The fourth-order valence-corrected chi connectivity index (χ4v) is 4.22. The lowest BCUT2D eigenvalue weighted by atomic mass is 10.0. The standard InChI is InChI=1S/C24H26N2O3S/c1-4-19-11-14-20(15-12-19)18(3)25-24(27)21-13-10-17(2)23(16-21)26-30(28,29)22-8-6-5-7-9-22/h5-16,18,26H,4H2,1-3H3,(H,25,27). The largest absolute Gasteiger partial charge is 0.346 e. The summed E-state index contributed by atoms with van der Waals surface area (Å²) in [4.78, 5) is 12.9. The zero-order chi connectivity index (χ0) is 21.7. The number of nitrogens with one attached hydrogen (secondary N) is 2. The van der Waals surface area contributed by atoms with Crippen molar-refractivity contribution in [3.05, 3.63) is 95.1 Å². The Morgan fingerprint density at radius 3 is 2.27 bits per heavy atom. The monoisotopic (exact) mass is 422 g/mol. The molecule has 6 heteroatoms. The first-order valence-corrected chi connectivity index (χ1v) is 11.4. The van der Waals surface area contributed by atoms with E-state index in [1.165, 1.54) is 17.7 Å². The summed E-state index contributed by atoms with van der Waals surface area (Å²) in [6.07, 6.45) is 0.964. The van der Waals surface area contributed by atoms with Gasteiger partial charge in [-0.25, -0.2) is 8.42 Å². The Balaban J connectivity index is 1.77. The fourth-order valence-electron chi connectivity index (χ4n) is 3.08. The third-order valence-corrected chi connectivity index (χ3v) is 6.41. The lowest BCUT2D eigenvalue weighted by Crippen LogP contribution is -2.26. The number of aryl methyl sites for hydroxylation is 2. The molecule has 30 heavy (non-hydrogen) atoms. The van der Waals surface area contributed by atoms with Crippen molar-refractivity contribution >= 4 is 21.6 Å². The maximum atomic E-state index is 12.8. The molecule has 3 aromatic carbocycles. The molecular formula is C24H26N2O3S.